The molecule has 1 rings (SSSR count). The Labute approximate surface area is 106 Å². The third kappa shape index (κ3) is 3.53. The van der Waals surface area contributed by atoms with E-state index < -0.39 is 12.6 Å². The first-order valence-electron chi connectivity index (χ1n) is 6.35. The SMILES string of the molecule is CCC(C)N1C(N)=NCC1(C)CCCC(F)(F)F. The fourth-order valence-corrected chi connectivity index (χ4v) is 2.49. The molecule has 3 nitrogen and oxygen atoms in total. The summed E-state index contributed by atoms with van der Waals surface area (Å²) in [6.45, 7) is 6.49. The number of nitrogens with zero attached hydrogens (tertiary/aromatic N) is 2. The van der Waals surface area contributed by atoms with Gasteiger partial charge in [0.1, 0.15) is 0 Å². The van der Waals surface area contributed by atoms with Crippen molar-refractivity contribution in [2.75, 3.05) is 6.54 Å². The number of aliphatic imine (C=N–C) groups is 1. The Balaban J connectivity index is 2.62. The fourth-order valence-electron chi connectivity index (χ4n) is 2.49. The van der Waals surface area contributed by atoms with E-state index >= 15 is 0 Å². The van der Waals surface area contributed by atoms with E-state index in [4.69, 9.17) is 5.73 Å². The zero-order chi connectivity index (χ0) is 14.0. The Morgan fingerprint density at radius 2 is 2.11 bits per heavy atom. The van der Waals surface area contributed by atoms with E-state index in [1.807, 2.05) is 25.7 Å². The monoisotopic (exact) mass is 265 g/mol. The van der Waals surface area contributed by atoms with Crippen LogP contribution in [0.4, 0.5) is 13.2 Å². The molecule has 0 aromatic carbocycles. The fraction of sp³-hybridized carbons (Fsp3) is 0.917. The van der Waals surface area contributed by atoms with Gasteiger partial charge in [0.25, 0.3) is 0 Å². The summed E-state index contributed by atoms with van der Waals surface area (Å²) in [5, 5.41) is 0. The highest BCUT2D eigenvalue weighted by molar-refractivity contribution is 5.81. The third-order valence-electron chi connectivity index (χ3n) is 3.62. The van der Waals surface area contributed by atoms with Crippen molar-refractivity contribution in [1.82, 2.24) is 4.90 Å². The first-order valence-corrected chi connectivity index (χ1v) is 6.35. The van der Waals surface area contributed by atoms with Crippen LogP contribution in [-0.4, -0.2) is 35.2 Å². The standard InChI is InChI=1S/C12H22F3N3/c1-4-9(2)18-10(16)17-8-11(18,3)6-5-7-12(13,14)15/h9H,4-8H2,1-3H3,(H2,16,17). The van der Waals surface area contributed by atoms with E-state index in [1.165, 1.54) is 0 Å². The highest BCUT2D eigenvalue weighted by atomic mass is 19.4. The minimum Gasteiger partial charge on any atom is -0.370 e. The van der Waals surface area contributed by atoms with Crippen molar-refractivity contribution in [3.8, 4) is 0 Å². The molecule has 106 valence electrons. The first kappa shape index (κ1) is 15.1. The molecule has 0 aromatic rings. The zero-order valence-corrected chi connectivity index (χ0v) is 11.2. The minimum atomic E-state index is -4.08. The van der Waals surface area contributed by atoms with Gasteiger partial charge in [0.05, 0.1) is 12.1 Å². The molecule has 0 spiro atoms. The predicted molar refractivity (Wildman–Crippen MR) is 66.4 cm³/mol. The molecule has 0 radical (unpaired) electrons. The van der Waals surface area contributed by atoms with Gasteiger partial charge in [0, 0.05) is 12.5 Å². The zero-order valence-electron chi connectivity index (χ0n) is 11.2. The van der Waals surface area contributed by atoms with Crippen LogP contribution < -0.4 is 5.73 Å². The molecular weight excluding hydrogens is 243 g/mol. The summed E-state index contributed by atoms with van der Waals surface area (Å²) in [6, 6.07) is 0.201. The van der Waals surface area contributed by atoms with Gasteiger partial charge in [-0.25, -0.2) is 0 Å². The number of guanidine groups is 1. The van der Waals surface area contributed by atoms with Gasteiger partial charge in [-0.3, -0.25) is 4.99 Å². The second-order valence-corrected chi connectivity index (χ2v) is 5.27. The maximum Gasteiger partial charge on any atom is 0.389 e. The third-order valence-corrected chi connectivity index (χ3v) is 3.62. The second kappa shape index (κ2) is 5.36. The molecule has 0 saturated heterocycles. The van der Waals surface area contributed by atoms with Crippen LogP contribution >= 0.6 is 0 Å². The van der Waals surface area contributed by atoms with E-state index in [-0.39, 0.29) is 18.0 Å². The molecule has 2 unspecified atom stereocenters. The Hall–Kier alpha value is -0.940. The van der Waals surface area contributed by atoms with Crippen molar-refractivity contribution < 1.29 is 13.2 Å². The van der Waals surface area contributed by atoms with Crippen LogP contribution in [0.3, 0.4) is 0 Å². The Bertz CT molecular complexity index is 314. The van der Waals surface area contributed by atoms with Gasteiger partial charge < -0.3 is 10.6 Å². The average molecular weight is 265 g/mol. The summed E-state index contributed by atoms with van der Waals surface area (Å²) in [5.74, 6) is 0.457. The van der Waals surface area contributed by atoms with Crippen molar-refractivity contribution in [3.05, 3.63) is 0 Å². The van der Waals surface area contributed by atoms with Crippen molar-refractivity contribution in [3.63, 3.8) is 0 Å². The Morgan fingerprint density at radius 3 is 2.61 bits per heavy atom. The summed E-state index contributed by atoms with van der Waals surface area (Å²) in [5.41, 5.74) is 5.47. The van der Waals surface area contributed by atoms with Crippen LogP contribution in [0, 0.1) is 0 Å². The van der Waals surface area contributed by atoms with Crippen molar-refractivity contribution in [2.45, 2.75) is 64.2 Å². The molecule has 1 aliphatic rings. The topological polar surface area (TPSA) is 41.6 Å². The van der Waals surface area contributed by atoms with Gasteiger partial charge in [0.2, 0.25) is 0 Å². The number of nitrogens with two attached hydrogens (primary N) is 1. The number of hydrogen-bond donors (Lipinski definition) is 1. The summed E-state index contributed by atoms with van der Waals surface area (Å²) in [6.07, 6.45) is -3.35. The van der Waals surface area contributed by atoms with Crippen molar-refractivity contribution in [1.29, 1.82) is 0 Å². The molecule has 0 aliphatic carbocycles. The van der Waals surface area contributed by atoms with Crippen LogP contribution in [0.15, 0.2) is 4.99 Å². The molecule has 18 heavy (non-hydrogen) atoms. The number of halogens is 3. The Morgan fingerprint density at radius 1 is 1.50 bits per heavy atom. The summed E-state index contributed by atoms with van der Waals surface area (Å²) >= 11 is 0. The lowest BCUT2D eigenvalue weighted by atomic mass is 9.92. The quantitative estimate of drug-likeness (QED) is 0.830. The summed E-state index contributed by atoms with van der Waals surface area (Å²) in [4.78, 5) is 6.17. The molecule has 1 heterocycles. The molecular formula is C12H22F3N3. The van der Waals surface area contributed by atoms with Gasteiger partial charge >= 0.3 is 6.18 Å². The van der Waals surface area contributed by atoms with Gasteiger partial charge in [-0.2, -0.15) is 13.2 Å². The lowest BCUT2D eigenvalue weighted by molar-refractivity contribution is -0.136. The number of hydrogen-bond acceptors (Lipinski definition) is 3. The van der Waals surface area contributed by atoms with E-state index in [9.17, 15) is 13.2 Å². The number of rotatable bonds is 5. The highest BCUT2D eigenvalue weighted by Crippen LogP contribution is 2.32. The lowest BCUT2D eigenvalue weighted by Crippen LogP contribution is -2.53. The minimum absolute atomic E-state index is 0.121. The lowest BCUT2D eigenvalue weighted by Gasteiger charge is -2.40. The summed E-state index contributed by atoms with van der Waals surface area (Å²) < 4.78 is 36.6. The molecule has 0 bridgehead atoms. The van der Waals surface area contributed by atoms with Crippen LogP contribution in [0.25, 0.3) is 0 Å². The smallest absolute Gasteiger partial charge is 0.370 e. The largest absolute Gasteiger partial charge is 0.389 e. The molecule has 0 saturated carbocycles. The molecule has 0 aromatic heterocycles. The van der Waals surface area contributed by atoms with Crippen molar-refractivity contribution in [2.24, 2.45) is 10.7 Å². The summed E-state index contributed by atoms with van der Waals surface area (Å²) in [7, 11) is 0. The van der Waals surface area contributed by atoms with Crippen LogP contribution in [0.5, 0.6) is 0 Å². The van der Waals surface area contributed by atoms with E-state index in [1.54, 1.807) is 0 Å². The van der Waals surface area contributed by atoms with Gasteiger partial charge in [-0.15, -0.1) is 0 Å². The van der Waals surface area contributed by atoms with Crippen LogP contribution in [0.1, 0.15) is 46.5 Å². The van der Waals surface area contributed by atoms with E-state index in [2.05, 4.69) is 4.99 Å². The molecule has 0 amide bonds. The van der Waals surface area contributed by atoms with Gasteiger partial charge in [-0.1, -0.05) is 6.92 Å². The maximum atomic E-state index is 12.2. The molecule has 2 atom stereocenters. The maximum absolute atomic E-state index is 12.2. The molecule has 0 fully saturated rings. The Kier molecular flexibility index (Phi) is 4.50. The van der Waals surface area contributed by atoms with Gasteiger partial charge in [-0.05, 0) is 33.1 Å². The molecule has 6 heteroatoms. The van der Waals surface area contributed by atoms with Crippen LogP contribution in [0.2, 0.25) is 0 Å². The van der Waals surface area contributed by atoms with Gasteiger partial charge in [0.15, 0.2) is 5.96 Å². The van der Waals surface area contributed by atoms with Crippen LogP contribution in [-0.2, 0) is 0 Å². The molecule has 2 N–H and O–H groups in total. The number of alkyl halides is 3. The molecule has 1 aliphatic heterocycles. The predicted octanol–water partition coefficient (Wildman–Crippen LogP) is 2.91. The normalized spacial score (nSPS) is 26.3. The highest BCUT2D eigenvalue weighted by Gasteiger charge is 2.40. The average Bonchev–Trinajstić information content (AvgIpc) is 2.52. The van der Waals surface area contributed by atoms with E-state index in [0.717, 1.165) is 6.42 Å². The second-order valence-electron chi connectivity index (χ2n) is 5.27. The first-order chi connectivity index (χ1) is 8.19. The van der Waals surface area contributed by atoms with Crippen molar-refractivity contribution >= 4 is 5.96 Å². The van der Waals surface area contributed by atoms with E-state index in [0.29, 0.717) is 18.9 Å².